The Morgan fingerprint density at radius 3 is 2.75 bits per heavy atom. The van der Waals surface area contributed by atoms with Gasteiger partial charge in [-0.05, 0) is 13.7 Å². The highest BCUT2D eigenvalue weighted by molar-refractivity contribution is 7.80. The fraction of sp³-hybridized carbons (Fsp3) is 0.833. The number of carbonyl (C=O) groups is 1. The van der Waals surface area contributed by atoms with E-state index in [9.17, 15) is 4.79 Å². The van der Waals surface area contributed by atoms with E-state index in [0.29, 0.717) is 12.4 Å². The van der Waals surface area contributed by atoms with Gasteiger partial charge in [-0.15, -0.1) is 0 Å². The topological polar surface area (TPSA) is 58.6 Å². The van der Waals surface area contributed by atoms with E-state index in [1.807, 2.05) is 0 Å². The molecule has 0 rings (SSSR count). The Bertz CT molecular complexity index is 145. The number of hydrogen-bond donors (Lipinski definition) is 3. The van der Waals surface area contributed by atoms with Gasteiger partial charge in [0, 0.05) is 5.75 Å². The maximum absolute atomic E-state index is 11.1. The molecule has 70 valence electrons. The number of ether oxygens (including phenoxy) is 1. The molecule has 12 heavy (non-hydrogen) atoms. The lowest BCUT2D eigenvalue weighted by Crippen LogP contribution is -2.46. The molecule has 4 nitrogen and oxygen atoms in total. The minimum atomic E-state index is -0.730. The predicted octanol–water partition coefficient (Wildman–Crippen LogP) is -0.452. The standard InChI is InChI=1S/C6H14BNO3S/c1-3-11-6(9)5(4-12)8-7(2)10/h5,8,10,12H,3-4H2,1-2H3. The van der Waals surface area contributed by atoms with Crippen LogP contribution in [0.15, 0.2) is 0 Å². The second-order valence-corrected chi connectivity index (χ2v) is 2.69. The predicted molar refractivity (Wildman–Crippen MR) is 51.2 cm³/mol. The van der Waals surface area contributed by atoms with Crippen LogP contribution in [0.25, 0.3) is 0 Å². The zero-order valence-corrected chi connectivity index (χ0v) is 8.17. The first-order chi connectivity index (χ1) is 5.61. The van der Waals surface area contributed by atoms with Gasteiger partial charge in [-0.1, -0.05) is 0 Å². The third-order valence-corrected chi connectivity index (χ3v) is 1.56. The molecule has 0 spiro atoms. The Hall–Kier alpha value is -0.195. The summed E-state index contributed by atoms with van der Waals surface area (Å²) in [4.78, 5) is 11.1. The molecular formula is C6H14BNO3S. The lowest BCUT2D eigenvalue weighted by atomic mass is 9.87. The molecule has 0 bridgehead atoms. The summed E-state index contributed by atoms with van der Waals surface area (Å²) in [7, 11) is -0.730. The van der Waals surface area contributed by atoms with Crippen LogP contribution < -0.4 is 5.23 Å². The average Bonchev–Trinajstić information content (AvgIpc) is 2.00. The summed E-state index contributed by atoms with van der Waals surface area (Å²) in [5.41, 5.74) is 0. The molecular weight excluding hydrogens is 177 g/mol. The van der Waals surface area contributed by atoms with Gasteiger partial charge in [-0.25, -0.2) is 0 Å². The van der Waals surface area contributed by atoms with Gasteiger partial charge in [-0.3, -0.25) is 4.79 Å². The minimum absolute atomic E-state index is 0.309. The van der Waals surface area contributed by atoms with Crippen LogP contribution in [-0.4, -0.2) is 36.4 Å². The van der Waals surface area contributed by atoms with Crippen LogP contribution in [0, 0.1) is 0 Å². The second kappa shape index (κ2) is 6.34. The summed E-state index contributed by atoms with van der Waals surface area (Å²) in [5, 5.41) is 11.5. The quantitative estimate of drug-likeness (QED) is 0.313. The Balaban J connectivity index is 3.87. The molecule has 6 heteroatoms. The second-order valence-electron chi connectivity index (χ2n) is 2.33. The van der Waals surface area contributed by atoms with Crippen LogP contribution in [0.2, 0.25) is 6.82 Å². The molecule has 0 aromatic carbocycles. The Labute approximate surface area is 78.2 Å². The molecule has 2 N–H and O–H groups in total. The molecule has 0 aliphatic rings. The van der Waals surface area contributed by atoms with E-state index >= 15 is 0 Å². The maximum atomic E-state index is 11.1. The maximum Gasteiger partial charge on any atom is 0.374 e. The van der Waals surface area contributed by atoms with Crippen molar-refractivity contribution >= 4 is 25.6 Å². The van der Waals surface area contributed by atoms with E-state index < -0.39 is 13.1 Å². The SMILES string of the molecule is CCOC(=O)C(CS)NB(C)O. The summed E-state index contributed by atoms with van der Waals surface area (Å²) < 4.78 is 4.73. The zero-order valence-electron chi connectivity index (χ0n) is 7.28. The molecule has 0 aliphatic carbocycles. The molecule has 0 aromatic heterocycles. The smallest absolute Gasteiger partial charge is 0.374 e. The van der Waals surface area contributed by atoms with Crippen molar-refractivity contribution in [2.24, 2.45) is 0 Å². The van der Waals surface area contributed by atoms with Gasteiger partial charge in [0.15, 0.2) is 0 Å². The fourth-order valence-electron chi connectivity index (χ4n) is 0.729. The Morgan fingerprint density at radius 1 is 1.83 bits per heavy atom. The molecule has 1 atom stereocenters. The molecule has 0 radical (unpaired) electrons. The number of thiol groups is 1. The third kappa shape index (κ3) is 4.64. The van der Waals surface area contributed by atoms with Gasteiger partial charge >= 0.3 is 13.0 Å². The van der Waals surface area contributed by atoms with Gasteiger partial charge < -0.3 is 15.0 Å². The van der Waals surface area contributed by atoms with Crippen molar-refractivity contribution in [1.82, 2.24) is 5.23 Å². The van der Waals surface area contributed by atoms with E-state index in [4.69, 9.17) is 9.76 Å². The Kier molecular flexibility index (Phi) is 6.23. The molecule has 0 fully saturated rings. The van der Waals surface area contributed by atoms with Crippen molar-refractivity contribution in [1.29, 1.82) is 0 Å². The summed E-state index contributed by atoms with van der Waals surface area (Å²) >= 11 is 3.95. The monoisotopic (exact) mass is 191 g/mol. The summed E-state index contributed by atoms with van der Waals surface area (Å²) in [6.07, 6.45) is 0. The van der Waals surface area contributed by atoms with Gasteiger partial charge in [-0.2, -0.15) is 12.6 Å². The van der Waals surface area contributed by atoms with E-state index in [1.165, 1.54) is 6.82 Å². The molecule has 0 amide bonds. The van der Waals surface area contributed by atoms with E-state index in [2.05, 4.69) is 17.9 Å². The normalized spacial score (nSPS) is 12.3. The van der Waals surface area contributed by atoms with E-state index in [1.54, 1.807) is 6.92 Å². The molecule has 0 saturated carbocycles. The highest BCUT2D eigenvalue weighted by atomic mass is 32.1. The first-order valence-corrected chi connectivity index (χ1v) is 4.46. The lowest BCUT2D eigenvalue weighted by molar-refractivity contribution is -0.144. The molecule has 0 saturated heterocycles. The number of carbonyl (C=O) groups excluding carboxylic acids is 1. The number of rotatable bonds is 5. The van der Waals surface area contributed by atoms with Crippen LogP contribution in [0.4, 0.5) is 0 Å². The van der Waals surface area contributed by atoms with E-state index in [0.717, 1.165) is 0 Å². The van der Waals surface area contributed by atoms with Crippen LogP contribution in [-0.2, 0) is 9.53 Å². The lowest BCUT2D eigenvalue weighted by Gasteiger charge is -2.14. The van der Waals surface area contributed by atoms with Gasteiger partial charge in [0.25, 0.3) is 0 Å². The molecule has 0 heterocycles. The molecule has 0 aliphatic heterocycles. The summed E-state index contributed by atoms with van der Waals surface area (Å²) in [6, 6.07) is -0.534. The molecule has 1 unspecified atom stereocenters. The van der Waals surface area contributed by atoms with Crippen LogP contribution in [0.3, 0.4) is 0 Å². The average molecular weight is 191 g/mol. The van der Waals surface area contributed by atoms with Crippen molar-refractivity contribution < 1.29 is 14.6 Å². The van der Waals surface area contributed by atoms with Crippen LogP contribution >= 0.6 is 12.6 Å². The van der Waals surface area contributed by atoms with Crippen molar-refractivity contribution in [3.05, 3.63) is 0 Å². The van der Waals surface area contributed by atoms with Crippen molar-refractivity contribution in [3.8, 4) is 0 Å². The summed E-state index contributed by atoms with van der Waals surface area (Å²) in [6.45, 7) is 3.61. The highest BCUT2D eigenvalue weighted by Gasteiger charge is 2.20. The Morgan fingerprint density at radius 2 is 2.42 bits per heavy atom. The third-order valence-electron chi connectivity index (χ3n) is 1.20. The van der Waals surface area contributed by atoms with E-state index in [-0.39, 0.29) is 5.97 Å². The number of hydrogen-bond acceptors (Lipinski definition) is 5. The molecule has 0 aromatic rings. The van der Waals surface area contributed by atoms with Gasteiger partial charge in [0.1, 0.15) is 6.04 Å². The summed E-state index contributed by atoms with van der Waals surface area (Å²) in [5.74, 6) is -0.0719. The fourth-order valence-corrected chi connectivity index (χ4v) is 0.984. The van der Waals surface area contributed by atoms with Crippen molar-refractivity contribution in [2.45, 2.75) is 19.8 Å². The van der Waals surface area contributed by atoms with Crippen LogP contribution in [0.5, 0.6) is 0 Å². The number of nitrogens with one attached hydrogen (secondary N) is 1. The number of esters is 1. The van der Waals surface area contributed by atoms with Crippen LogP contribution in [0.1, 0.15) is 6.92 Å². The van der Waals surface area contributed by atoms with Crippen molar-refractivity contribution in [3.63, 3.8) is 0 Å². The van der Waals surface area contributed by atoms with Gasteiger partial charge in [0.05, 0.1) is 6.61 Å². The largest absolute Gasteiger partial charge is 0.465 e. The first kappa shape index (κ1) is 11.8. The van der Waals surface area contributed by atoms with Gasteiger partial charge in [0.2, 0.25) is 0 Å². The zero-order chi connectivity index (χ0) is 9.56. The first-order valence-electron chi connectivity index (χ1n) is 3.83. The van der Waals surface area contributed by atoms with Crippen molar-refractivity contribution in [2.75, 3.05) is 12.4 Å². The minimum Gasteiger partial charge on any atom is -0.465 e. The highest BCUT2D eigenvalue weighted by Crippen LogP contribution is 1.92.